The van der Waals surface area contributed by atoms with Crippen molar-refractivity contribution < 1.29 is 0 Å². The van der Waals surface area contributed by atoms with Gasteiger partial charge in [0.2, 0.25) is 0 Å². The highest BCUT2D eigenvalue weighted by Gasteiger charge is 2.05. The Hall–Kier alpha value is -0.300. The van der Waals surface area contributed by atoms with E-state index >= 15 is 0 Å². The molecule has 0 aliphatic carbocycles. The molecule has 0 rings (SSSR count). The molecule has 13 heavy (non-hydrogen) atoms. The molecule has 0 saturated carbocycles. The quantitative estimate of drug-likeness (QED) is 0.660. The molecular weight excluding hydrogens is 158 g/mol. The molecule has 0 spiro atoms. The number of nitrogens with one attached hydrogen (secondary N) is 1. The molecule has 0 bridgehead atoms. The Kier molecular flexibility index (Phi) is 5.31. The normalized spacial score (nSPS) is 13.9. The molecule has 0 aromatic carbocycles. The first kappa shape index (κ1) is 12.7. The third kappa shape index (κ3) is 9.62. The Morgan fingerprint density at radius 2 is 1.85 bits per heavy atom. The molecule has 0 fully saturated rings. The van der Waals surface area contributed by atoms with E-state index in [1.165, 1.54) is 5.57 Å². The van der Waals surface area contributed by atoms with Crippen molar-refractivity contribution in [3.8, 4) is 0 Å². The second kappa shape index (κ2) is 5.43. The third-order valence-electron chi connectivity index (χ3n) is 1.64. The fourth-order valence-corrected chi connectivity index (χ4v) is 1.35. The number of hydrogen-bond donors (Lipinski definition) is 1. The second-order valence-corrected chi connectivity index (χ2v) is 5.38. The summed E-state index contributed by atoms with van der Waals surface area (Å²) in [6, 6.07) is 0. The van der Waals surface area contributed by atoms with Gasteiger partial charge in [-0.3, -0.25) is 0 Å². The summed E-state index contributed by atoms with van der Waals surface area (Å²) in [5.74, 6) is 0.738. The topological polar surface area (TPSA) is 12.0 Å². The summed E-state index contributed by atoms with van der Waals surface area (Å²) in [5, 5.41) is 3.44. The summed E-state index contributed by atoms with van der Waals surface area (Å²) in [6.45, 7) is 15.5. The highest BCUT2D eigenvalue weighted by Crippen LogP contribution is 2.16. The molecule has 0 unspecified atom stereocenters. The van der Waals surface area contributed by atoms with E-state index in [0.29, 0.717) is 5.41 Å². The lowest BCUT2D eigenvalue weighted by molar-refractivity contribution is 0.531. The Bertz CT molecular complexity index is 160. The smallest absolute Gasteiger partial charge is 0.0162 e. The summed E-state index contributed by atoms with van der Waals surface area (Å²) in [7, 11) is 0. The molecule has 0 aromatic heterocycles. The van der Waals surface area contributed by atoms with Crippen LogP contribution in [-0.4, -0.2) is 13.1 Å². The molecule has 0 aliphatic heterocycles. The van der Waals surface area contributed by atoms with Crippen molar-refractivity contribution in [1.82, 2.24) is 5.32 Å². The lowest BCUT2D eigenvalue weighted by Crippen LogP contribution is -2.22. The van der Waals surface area contributed by atoms with Gasteiger partial charge in [-0.25, -0.2) is 0 Å². The van der Waals surface area contributed by atoms with Crippen molar-refractivity contribution >= 4 is 0 Å². The molecule has 0 aromatic rings. The van der Waals surface area contributed by atoms with Crippen molar-refractivity contribution in [2.45, 2.75) is 41.5 Å². The molecule has 0 amide bonds. The van der Waals surface area contributed by atoms with Gasteiger partial charge in [-0.05, 0) is 24.8 Å². The highest BCUT2D eigenvalue weighted by molar-refractivity contribution is 5.05. The Balaban J connectivity index is 3.74. The van der Waals surface area contributed by atoms with Gasteiger partial charge in [0.15, 0.2) is 0 Å². The summed E-state index contributed by atoms with van der Waals surface area (Å²) < 4.78 is 0. The van der Waals surface area contributed by atoms with Gasteiger partial charge in [0.05, 0.1) is 0 Å². The molecule has 0 radical (unpaired) electrons. The van der Waals surface area contributed by atoms with E-state index in [1.54, 1.807) is 0 Å². The van der Waals surface area contributed by atoms with Crippen LogP contribution in [-0.2, 0) is 0 Å². The SMILES string of the molecule is CC(=CC(C)(C)C)CNCC(C)C. The molecular formula is C12H25N. The highest BCUT2D eigenvalue weighted by atomic mass is 14.8. The number of hydrogen-bond acceptors (Lipinski definition) is 1. The van der Waals surface area contributed by atoms with E-state index in [-0.39, 0.29) is 0 Å². The first-order valence-corrected chi connectivity index (χ1v) is 5.20. The zero-order valence-corrected chi connectivity index (χ0v) is 10.1. The number of allylic oxidation sites excluding steroid dienone is 1. The minimum atomic E-state index is 0.309. The van der Waals surface area contributed by atoms with Gasteiger partial charge in [-0.2, -0.15) is 0 Å². The van der Waals surface area contributed by atoms with Crippen molar-refractivity contribution in [3.63, 3.8) is 0 Å². The van der Waals surface area contributed by atoms with Crippen LogP contribution in [0.4, 0.5) is 0 Å². The first-order valence-electron chi connectivity index (χ1n) is 5.20. The van der Waals surface area contributed by atoms with Gasteiger partial charge in [-0.1, -0.05) is 46.3 Å². The van der Waals surface area contributed by atoms with E-state index in [2.05, 4.69) is 52.9 Å². The number of rotatable bonds is 4. The van der Waals surface area contributed by atoms with E-state index < -0.39 is 0 Å². The Labute approximate surface area is 83.6 Å². The van der Waals surface area contributed by atoms with Crippen LogP contribution in [0.1, 0.15) is 41.5 Å². The van der Waals surface area contributed by atoms with Crippen molar-refractivity contribution in [2.24, 2.45) is 11.3 Å². The summed E-state index contributed by atoms with van der Waals surface area (Å²) in [6.07, 6.45) is 2.33. The largest absolute Gasteiger partial charge is 0.313 e. The third-order valence-corrected chi connectivity index (χ3v) is 1.64. The maximum absolute atomic E-state index is 3.44. The molecule has 78 valence electrons. The van der Waals surface area contributed by atoms with Gasteiger partial charge in [0.1, 0.15) is 0 Å². The first-order chi connectivity index (χ1) is 5.81. The maximum atomic E-state index is 3.44. The van der Waals surface area contributed by atoms with Crippen molar-refractivity contribution in [1.29, 1.82) is 0 Å². The Morgan fingerprint density at radius 3 is 2.23 bits per heavy atom. The van der Waals surface area contributed by atoms with Crippen LogP contribution in [0.25, 0.3) is 0 Å². The zero-order chi connectivity index (χ0) is 10.5. The predicted molar refractivity (Wildman–Crippen MR) is 60.9 cm³/mol. The van der Waals surface area contributed by atoms with Gasteiger partial charge in [0.25, 0.3) is 0 Å². The monoisotopic (exact) mass is 183 g/mol. The maximum Gasteiger partial charge on any atom is 0.0162 e. The van der Waals surface area contributed by atoms with Crippen molar-refractivity contribution in [3.05, 3.63) is 11.6 Å². The molecule has 0 heterocycles. The van der Waals surface area contributed by atoms with Gasteiger partial charge in [0, 0.05) is 6.54 Å². The van der Waals surface area contributed by atoms with Crippen LogP contribution in [0, 0.1) is 11.3 Å². The molecule has 1 heteroatoms. The van der Waals surface area contributed by atoms with Gasteiger partial charge >= 0.3 is 0 Å². The van der Waals surface area contributed by atoms with Crippen LogP contribution >= 0.6 is 0 Å². The van der Waals surface area contributed by atoms with E-state index in [9.17, 15) is 0 Å². The lowest BCUT2D eigenvalue weighted by atomic mass is 9.94. The molecule has 1 nitrogen and oxygen atoms in total. The molecule has 0 atom stereocenters. The van der Waals surface area contributed by atoms with Crippen LogP contribution in [0.15, 0.2) is 11.6 Å². The van der Waals surface area contributed by atoms with E-state index in [4.69, 9.17) is 0 Å². The van der Waals surface area contributed by atoms with Crippen LogP contribution in [0.5, 0.6) is 0 Å². The minimum Gasteiger partial charge on any atom is -0.313 e. The predicted octanol–water partition coefficient (Wildman–Crippen LogP) is 3.22. The van der Waals surface area contributed by atoms with Crippen molar-refractivity contribution in [2.75, 3.05) is 13.1 Å². The second-order valence-electron chi connectivity index (χ2n) is 5.38. The zero-order valence-electron chi connectivity index (χ0n) is 10.1. The summed E-state index contributed by atoms with van der Waals surface area (Å²) in [4.78, 5) is 0. The van der Waals surface area contributed by atoms with Gasteiger partial charge < -0.3 is 5.32 Å². The lowest BCUT2D eigenvalue weighted by Gasteiger charge is -2.15. The average Bonchev–Trinajstić information content (AvgIpc) is 1.81. The molecule has 0 aliphatic rings. The van der Waals surface area contributed by atoms with Gasteiger partial charge in [-0.15, -0.1) is 0 Å². The fourth-order valence-electron chi connectivity index (χ4n) is 1.35. The summed E-state index contributed by atoms with van der Waals surface area (Å²) >= 11 is 0. The van der Waals surface area contributed by atoms with E-state index in [1.807, 2.05) is 0 Å². The standard InChI is InChI=1S/C12H25N/c1-10(2)8-13-9-11(3)7-12(4,5)6/h7,10,13H,8-9H2,1-6H3. The summed E-state index contributed by atoms with van der Waals surface area (Å²) in [5.41, 5.74) is 1.75. The molecule has 0 saturated heterocycles. The van der Waals surface area contributed by atoms with Crippen LogP contribution in [0.3, 0.4) is 0 Å². The van der Waals surface area contributed by atoms with Crippen LogP contribution in [0.2, 0.25) is 0 Å². The average molecular weight is 183 g/mol. The fraction of sp³-hybridized carbons (Fsp3) is 0.833. The molecule has 1 N–H and O–H groups in total. The minimum absolute atomic E-state index is 0.309. The van der Waals surface area contributed by atoms with E-state index in [0.717, 1.165) is 19.0 Å². The Morgan fingerprint density at radius 1 is 1.31 bits per heavy atom. The van der Waals surface area contributed by atoms with Crippen LogP contribution < -0.4 is 5.32 Å².